The molecule has 1 aliphatic rings. The van der Waals surface area contributed by atoms with Gasteiger partial charge in [-0.1, -0.05) is 11.6 Å². The molecule has 3 aromatic rings. The van der Waals surface area contributed by atoms with Crippen molar-refractivity contribution in [3.8, 4) is 0 Å². The van der Waals surface area contributed by atoms with Crippen molar-refractivity contribution in [2.45, 2.75) is 13.3 Å². The standard InChI is InChI=1S/C25H26ClN7O3/c1-16(34)17-4-6-20(19(14-17)24(35)29-22-8-5-18(26)15-27-22)28-25(36)21-7-9-23(31-30-21)33-11-3-10-32(2)12-13-33/h4-9,14-15H,3,10-13H2,1-2H3,(H,28,36)(H,27,29,35). The molecule has 186 valence electrons. The minimum Gasteiger partial charge on any atom is -0.354 e. The van der Waals surface area contributed by atoms with Crippen LogP contribution in [0, 0.1) is 0 Å². The lowest BCUT2D eigenvalue weighted by molar-refractivity contribution is 0.101. The number of nitrogens with zero attached hydrogens (tertiary/aromatic N) is 5. The molecule has 2 amide bonds. The molecule has 1 saturated heterocycles. The lowest BCUT2D eigenvalue weighted by Gasteiger charge is -2.20. The monoisotopic (exact) mass is 507 g/mol. The molecule has 4 rings (SSSR count). The number of amides is 2. The molecule has 3 heterocycles. The molecule has 2 aromatic heterocycles. The smallest absolute Gasteiger partial charge is 0.276 e. The second kappa shape index (κ2) is 11.2. The van der Waals surface area contributed by atoms with Crippen LogP contribution in [0.25, 0.3) is 0 Å². The molecule has 1 aromatic carbocycles. The number of rotatable bonds is 6. The number of carbonyl (C=O) groups is 3. The summed E-state index contributed by atoms with van der Waals surface area (Å²) in [5.41, 5.74) is 0.755. The largest absolute Gasteiger partial charge is 0.354 e. The van der Waals surface area contributed by atoms with E-state index in [1.54, 1.807) is 30.3 Å². The number of aromatic nitrogens is 3. The second-order valence-electron chi connectivity index (χ2n) is 8.51. The predicted molar refractivity (Wildman–Crippen MR) is 138 cm³/mol. The fourth-order valence-electron chi connectivity index (χ4n) is 3.77. The van der Waals surface area contributed by atoms with Gasteiger partial charge in [0, 0.05) is 31.4 Å². The van der Waals surface area contributed by atoms with Crippen LogP contribution in [-0.4, -0.2) is 70.9 Å². The Morgan fingerprint density at radius 1 is 0.917 bits per heavy atom. The molecular formula is C25H26ClN7O3. The molecule has 0 unspecified atom stereocenters. The van der Waals surface area contributed by atoms with Crippen LogP contribution in [0.4, 0.5) is 17.3 Å². The Kier molecular flexibility index (Phi) is 7.87. The number of carbonyl (C=O) groups excluding carboxylic acids is 3. The van der Waals surface area contributed by atoms with Gasteiger partial charge in [-0.05, 0) is 69.4 Å². The van der Waals surface area contributed by atoms with Crippen molar-refractivity contribution in [2.24, 2.45) is 0 Å². The van der Waals surface area contributed by atoms with Crippen LogP contribution in [0.15, 0.2) is 48.7 Å². The zero-order chi connectivity index (χ0) is 25.7. The third kappa shape index (κ3) is 6.21. The van der Waals surface area contributed by atoms with Gasteiger partial charge in [0.1, 0.15) is 5.82 Å². The molecule has 0 aliphatic carbocycles. The van der Waals surface area contributed by atoms with Gasteiger partial charge in [0.2, 0.25) is 0 Å². The number of likely N-dealkylation sites (N-methyl/N-ethyl adjacent to an activating group) is 1. The van der Waals surface area contributed by atoms with E-state index in [2.05, 4.69) is 42.7 Å². The Bertz CT molecular complexity index is 1270. The highest BCUT2D eigenvalue weighted by Gasteiger charge is 2.19. The lowest BCUT2D eigenvalue weighted by Crippen LogP contribution is -2.29. The molecule has 0 radical (unpaired) electrons. The molecular weight excluding hydrogens is 482 g/mol. The van der Waals surface area contributed by atoms with E-state index in [-0.39, 0.29) is 28.5 Å². The topological polar surface area (TPSA) is 120 Å². The summed E-state index contributed by atoms with van der Waals surface area (Å²) in [6, 6.07) is 11.0. The first kappa shape index (κ1) is 25.2. The number of anilines is 3. The number of nitrogens with one attached hydrogen (secondary N) is 2. The average Bonchev–Trinajstić information content (AvgIpc) is 3.10. The number of ketones is 1. The van der Waals surface area contributed by atoms with Crippen LogP contribution in [0.2, 0.25) is 5.02 Å². The number of hydrogen-bond donors (Lipinski definition) is 2. The Hall–Kier alpha value is -3.89. The van der Waals surface area contributed by atoms with Crippen molar-refractivity contribution >= 4 is 46.5 Å². The van der Waals surface area contributed by atoms with Gasteiger partial charge in [-0.2, -0.15) is 0 Å². The van der Waals surface area contributed by atoms with Crippen molar-refractivity contribution in [3.63, 3.8) is 0 Å². The van der Waals surface area contributed by atoms with Gasteiger partial charge in [-0.25, -0.2) is 4.98 Å². The summed E-state index contributed by atoms with van der Waals surface area (Å²) in [4.78, 5) is 46.3. The van der Waals surface area contributed by atoms with Gasteiger partial charge >= 0.3 is 0 Å². The molecule has 0 atom stereocenters. The Morgan fingerprint density at radius 3 is 2.44 bits per heavy atom. The van der Waals surface area contributed by atoms with Crippen molar-refractivity contribution in [1.82, 2.24) is 20.1 Å². The van der Waals surface area contributed by atoms with Gasteiger partial charge in [0.25, 0.3) is 11.8 Å². The SMILES string of the molecule is CC(=O)c1ccc(NC(=O)c2ccc(N3CCCN(C)CC3)nn2)c(C(=O)Nc2ccc(Cl)cn2)c1. The van der Waals surface area contributed by atoms with E-state index in [1.165, 1.54) is 25.3 Å². The van der Waals surface area contributed by atoms with Crippen LogP contribution < -0.4 is 15.5 Å². The van der Waals surface area contributed by atoms with Crippen LogP contribution >= 0.6 is 11.6 Å². The van der Waals surface area contributed by atoms with Gasteiger partial charge in [-0.3, -0.25) is 14.4 Å². The van der Waals surface area contributed by atoms with Gasteiger partial charge in [0.05, 0.1) is 16.3 Å². The predicted octanol–water partition coefficient (Wildman–Crippen LogP) is 3.37. The fraction of sp³-hybridized carbons (Fsp3) is 0.280. The van der Waals surface area contributed by atoms with E-state index < -0.39 is 11.8 Å². The Balaban J connectivity index is 1.52. The number of hydrogen-bond acceptors (Lipinski definition) is 8. The number of halogens is 1. The zero-order valence-corrected chi connectivity index (χ0v) is 20.7. The van der Waals surface area contributed by atoms with E-state index in [0.717, 1.165) is 32.6 Å². The maximum atomic E-state index is 13.0. The Labute approximate surface area is 213 Å². The summed E-state index contributed by atoms with van der Waals surface area (Å²) in [5.74, 6) is -0.304. The molecule has 0 saturated carbocycles. The fourth-order valence-corrected chi connectivity index (χ4v) is 3.88. The molecule has 1 aliphatic heterocycles. The number of benzene rings is 1. The lowest BCUT2D eigenvalue weighted by atomic mass is 10.0. The molecule has 1 fully saturated rings. The molecule has 10 nitrogen and oxygen atoms in total. The molecule has 36 heavy (non-hydrogen) atoms. The van der Waals surface area contributed by atoms with E-state index in [0.29, 0.717) is 16.4 Å². The van der Waals surface area contributed by atoms with E-state index in [4.69, 9.17) is 11.6 Å². The average molecular weight is 508 g/mol. The summed E-state index contributed by atoms with van der Waals surface area (Å²) in [5, 5.41) is 14.1. The van der Waals surface area contributed by atoms with Crippen molar-refractivity contribution in [3.05, 3.63) is 70.5 Å². The summed E-state index contributed by atoms with van der Waals surface area (Å²) >= 11 is 5.85. The van der Waals surface area contributed by atoms with Gasteiger partial charge in [-0.15, -0.1) is 10.2 Å². The Morgan fingerprint density at radius 2 is 1.75 bits per heavy atom. The van der Waals surface area contributed by atoms with E-state index in [9.17, 15) is 14.4 Å². The minimum absolute atomic E-state index is 0.103. The first-order chi connectivity index (χ1) is 17.3. The van der Waals surface area contributed by atoms with Gasteiger partial charge in [0.15, 0.2) is 17.3 Å². The molecule has 2 N–H and O–H groups in total. The third-order valence-corrected chi connectivity index (χ3v) is 6.04. The van der Waals surface area contributed by atoms with Crippen LogP contribution in [-0.2, 0) is 0 Å². The van der Waals surface area contributed by atoms with E-state index in [1.807, 2.05) is 0 Å². The highest BCUT2D eigenvalue weighted by atomic mass is 35.5. The van der Waals surface area contributed by atoms with Crippen molar-refractivity contribution in [1.29, 1.82) is 0 Å². The number of pyridine rings is 1. The normalized spacial score (nSPS) is 14.1. The van der Waals surface area contributed by atoms with Crippen molar-refractivity contribution < 1.29 is 14.4 Å². The maximum absolute atomic E-state index is 13.0. The summed E-state index contributed by atoms with van der Waals surface area (Å²) in [6.07, 6.45) is 2.42. The maximum Gasteiger partial charge on any atom is 0.276 e. The molecule has 0 bridgehead atoms. The summed E-state index contributed by atoms with van der Waals surface area (Å²) in [6.45, 7) is 5.05. The quantitative estimate of drug-likeness (QED) is 0.487. The summed E-state index contributed by atoms with van der Waals surface area (Å²) < 4.78 is 0. The first-order valence-electron chi connectivity index (χ1n) is 11.5. The van der Waals surface area contributed by atoms with Crippen LogP contribution in [0.3, 0.4) is 0 Å². The number of Topliss-reactive ketones (excluding diaryl/α,β-unsaturated/α-hetero) is 1. The zero-order valence-electron chi connectivity index (χ0n) is 20.0. The van der Waals surface area contributed by atoms with Crippen LogP contribution in [0.5, 0.6) is 0 Å². The highest BCUT2D eigenvalue weighted by Crippen LogP contribution is 2.21. The van der Waals surface area contributed by atoms with Crippen molar-refractivity contribution in [2.75, 3.05) is 48.8 Å². The third-order valence-electron chi connectivity index (χ3n) is 5.81. The molecule has 0 spiro atoms. The first-order valence-corrected chi connectivity index (χ1v) is 11.8. The van der Waals surface area contributed by atoms with E-state index >= 15 is 0 Å². The second-order valence-corrected chi connectivity index (χ2v) is 8.94. The molecule has 11 heteroatoms. The summed E-state index contributed by atoms with van der Waals surface area (Å²) in [7, 11) is 2.09. The minimum atomic E-state index is -0.546. The highest BCUT2D eigenvalue weighted by molar-refractivity contribution is 6.30. The van der Waals surface area contributed by atoms with Gasteiger partial charge < -0.3 is 20.4 Å². The van der Waals surface area contributed by atoms with Crippen LogP contribution in [0.1, 0.15) is 44.5 Å².